The minimum absolute atomic E-state index is 0.202. The molecule has 1 aliphatic rings. The van der Waals surface area contributed by atoms with E-state index in [-0.39, 0.29) is 5.41 Å². The lowest BCUT2D eigenvalue weighted by atomic mass is 9.81. The lowest BCUT2D eigenvalue weighted by molar-refractivity contribution is 0.661. The Morgan fingerprint density at radius 1 is 0.394 bits per heavy atom. The fourth-order valence-electron chi connectivity index (χ4n) is 10.9. The molecule has 0 saturated heterocycles. The molecule has 2 aromatic heterocycles. The van der Waals surface area contributed by atoms with E-state index < -0.39 is 0 Å². The van der Waals surface area contributed by atoms with E-state index >= 15 is 0 Å². The topological polar surface area (TPSA) is 21.3 Å². The van der Waals surface area contributed by atoms with Gasteiger partial charge < -0.3 is 13.9 Å². The predicted molar refractivity (Wildman–Crippen MR) is 277 cm³/mol. The van der Waals surface area contributed by atoms with Crippen molar-refractivity contribution in [1.82, 2.24) is 4.57 Å². The quantitative estimate of drug-likeness (QED) is 0.159. The van der Waals surface area contributed by atoms with Gasteiger partial charge in [0.2, 0.25) is 0 Å². The summed E-state index contributed by atoms with van der Waals surface area (Å²) in [5.74, 6) is 0. The Morgan fingerprint density at radius 2 is 0.924 bits per heavy atom. The number of hydrogen-bond donors (Lipinski definition) is 0. The van der Waals surface area contributed by atoms with E-state index in [9.17, 15) is 0 Å². The number of fused-ring (bicyclic) bond motifs is 9. The van der Waals surface area contributed by atoms with Gasteiger partial charge >= 0.3 is 0 Å². The third-order valence-electron chi connectivity index (χ3n) is 14.0. The summed E-state index contributed by atoms with van der Waals surface area (Å²) >= 11 is 0. The van der Waals surface area contributed by atoms with Gasteiger partial charge in [0.15, 0.2) is 0 Å². The smallest absolute Gasteiger partial charge is 0.135 e. The Hall–Kier alpha value is -8.40. The van der Waals surface area contributed by atoms with Gasteiger partial charge in [-0.15, -0.1) is 0 Å². The summed E-state index contributed by atoms with van der Waals surface area (Å²) < 4.78 is 8.74. The van der Waals surface area contributed by atoms with Crippen LogP contribution in [-0.2, 0) is 5.41 Å². The predicted octanol–water partition coefficient (Wildman–Crippen LogP) is 17.5. The minimum atomic E-state index is -0.202. The average molecular weight is 845 g/mol. The van der Waals surface area contributed by atoms with Crippen molar-refractivity contribution >= 4 is 60.8 Å². The second kappa shape index (κ2) is 14.8. The van der Waals surface area contributed by atoms with Crippen molar-refractivity contribution in [2.75, 3.05) is 4.90 Å². The standard InChI is InChI=1S/C63H44N2O/c1-63(2)55-23-11-9-19-50(55)51-22-14-26-58(62(51)63)64(47-33-27-42(28-34-47)45-32-38-60-54(40-45)53-39-44(31-37-59(53)66-60)41-15-5-3-6-16-41)48-35-29-43(30-36-48)49-21-13-25-57-61(49)52-20-10-12-24-56(52)65(57)46-17-7-4-8-18-46/h3-40H,1-2H3. The fraction of sp³-hybridized carbons (Fsp3) is 0.0476. The van der Waals surface area contributed by atoms with Gasteiger partial charge in [-0.2, -0.15) is 0 Å². The molecule has 312 valence electrons. The van der Waals surface area contributed by atoms with Crippen molar-refractivity contribution in [3.8, 4) is 50.2 Å². The van der Waals surface area contributed by atoms with Gasteiger partial charge in [0.1, 0.15) is 11.2 Å². The third-order valence-corrected chi connectivity index (χ3v) is 14.0. The van der Waals surface area contributed by atoms with Crippen molar-refractivity contribution in [1.29, 1.82) is 0 Å². The van der Waals surface area contributed by atoms with Gasteiger partial charge in [0.25, 0.3) is 0 Å². The Balaban J connectivity index is 0.933. The van der Waals surface area contributed by atoms with E-state index in [0.717, 1.165) is 50.1 Å². The van der Waals surface area contributed by atoms with E-state index in [0.29, 0.717) is 0 Å². The van der Waals surface area contributed by atoms with Crippen LogP contribution in [0.25, 0.3) is 93.9 Å². The van der Waals surface area contributed by atoms with Gasteiger partial charge in [-0.1, -0.05) is 166 Å². The van der Waals surface area contributed by atoms with Crippen LogP contribution >= 0.6 is 0 Å². The molecule has 0 aliphatic heterocycles. The van der Waals surface area contributed by atoms with E-state index in [2.05, 4.69) is 254 Å². The molecule has 0 amide bonds. The van der Waals surface area contributed by atoms with E-state index in [1.165, 1.54) is 72.0 Å². The molecule has 0 spiro atoms. The highest BCUT2D eigenvalue weighted by Crippen LogP contribution is 2.54. The molecule has 2 heterocycles. The Labute approximate surface area is 384 Å². The molecule has 0 fully saturated rings. The highest BCUT2D eigenvalue weighted by Gasteiger charge is 2.38. The lowest BCUT2D eigenvalue weighted by Gasteiger charge is -2.32. The Morgan fingerprint density at radius 3 is 1.64 bits per heavy atom. The van der Waals surface area contributed by atoms with Crippen LogP contribution in [0.5, 0.6) is 0 Å². The van der Waals surface area contributed by atoms with Crippen LogP contribution in [0.4, 0.5) is 17.1 Å². The number of hydrogen-bond acceptors (Lipinski definition) is 2. The van der Waals surface area contributed by atoms with Crippen molar-refractivity contribution in [3.63, 3.8) is 0 Å². The van der Waals surface area contributed by atoms with Crippen molar-refractivity contribution < 1.29 is 4.42 Å². The normalized spacial score (nSPS) is 12.8. The first-order valence-corrected chi connectivity index (χ1v) is 22.8. The maximum absolute atomic E-state index is 6.35. The van der Waals surface area contributed by atoms with Gasteiger partial charge in [0.05, 0.1) is 16.7 Å². The Kier molecular flexibility index (Phi) is 8.56. The summed E-state index contributed by atoms with van der Waals surface area (Å²) in [4.78, 5) is 2.46. The number of furan rings is 1. The van der Waals surface area contributed by atoms with Gasteiger partial charge in [-0.25, -0.2) is 0 Å². The second-order valence-corrected chi connectivity index (χ2v) is 18.1. The van der Waals surface area contributed by atoms with Gasteiger partial charge in [-0.3, -0.25) is 0 Å². The summed E-state index contributed by atoms with van der Waals surface area (Å²) in [6, 6.07) is 83.8. The zero-order valence-electron chi connectivity index (χ0n) is 36.7. The molecule has 0 radical (unpaired) electrons. The van der Waals surface area contributed by atoms with E-state index in [1.54, 1.807) is 0 Å². The summed E-state index contributed by atoms with van der Waals surface area (Å²) in [6.45, 7) is 4.74. The molecule has 3 heteroatoms. The monoisotopic (exact) mass is 844 g/mol. The van der Waals surface area contributed by atoms with Crippen LogP contribution in [-0.4, -0.2) is 4.57 Å². The van der Waals surface area contributed by atoms with Crippen LogP contribution < -0.4 is 4.90 Å². The first-order valence-electron chi connectivity index (χ1n) is 22.8. The van der Waals surface area contributed by atoms with Crippen molar-refractivity contribution in [3.05, 3.63) is 242 Å². The molecule has 13 rings (SSSR count). The molecule has 0 bridgehead atoms. The van der Waals surface area contributed by atoms with E-state index in [1.807, 2.05) is 0 Å². The first-order chi connectivity index (χ1) is 32.5. The third kappa shape index (κ3) is 5.90. The van der Waals surface area contributed by atoms with Gasteiger partial charge in [0, 0.05) is 44.0 Å². The second-order valence-electron chi connectivity index (χ2n) is 18.1. The molecule has 0 unspecified atom stereocenters. The minimum Gasteiger partial charge on any atom is -0.456 e. The Bertz CT molecular complexity index is 3820. The molecule has 12 aromatic rings. The van der Waals surface area contributed by atoms with Crippen LogP contribution in [0.1, 0.15) is 25.0 Å². The zero-order valence-corrected chi connectivity index (χ0v) is 36.7. The molecule has 10 aromatic carbocycles. The molecular formula is C63H44N2O. The van der Waals surface area contributed by atoms with Crippen molar-refractivity contribution in [2.45, 2.75) is 19.3 Å². The molecular weight excluding hydrogens is 801 g/mol. The molecule has 0 atom stereocenters. The number of rotatable bonds is 7. The summed E-state index contributed by atoms with van der Waals surface area (Å²) in [5, 5.41) is 4.75. The molecule has 0 saturated carbocycles. The zero-order chi connectivity index (χ0) is 43.9. The highest BCUT2D eigenvalue weighted by molar-refractivity contribution is 6.16. The molecule has 3 nitrogen and oxygen atoms in total. The number of nitrogens with zero attached hydrogens (tertiary/aromatic N) is 2. The maximum atomic E-state index is 6.35. The SMILES string of the molecule is CC1(C)c2ccccc2-c2cccc(N(c3ccc(-c4ccc5oc6ccc(-c7ccccc7)cc6c5c4)cc3)c3ccc(-c4cccc5c4c4ccccc4n5-c4ccccc4)cc3)c21. The van der Waals surface area contributed by atoms with Crippen LogP contribution in [0.3, 0.4) is 0 Å². The van der Waals surface area contributed by atoms with Crippen LogP contribution in [0, 0.1) is 0 Å². The number of para-hydroxylation sites is 2. The van der Waals surface area contributed by atoms with Crippen molar-refractivity contribution in [2.24, 2.45) is 0 Å². The summed E-state index contributed by atoms with van der Waals surface area (Å²) in [6.07, 6.45) is 0. The number of benzene rings is 10. The summed E-state index contributed by atoms with van der Waals surface area (Å²) in [7, 11) is 0. The van der Waals surface area contributed by atoms with Crippen LogP contribution in [0.2, 0.25) is 0 Å². The number of aromatic nitrogens is 1. The molecule has 66 heavy (non-hydrogen) atoms. The fourth-order valence-corrected chi connectivity index (χ4v) is 10.9. The van der Waals surface area contributed by atoms with Crippen LogP contribution in [0.15, 0.2) is 235 Å². The first kappa shape index (κ1) is 38.1. The average Bonchev–Trinajstić information content (AvgIpc) is 4.00. The van der Waals surface area contributed by atoms with Gasteiger partial charge in [-0.05, 0) is 134 Å². The number of anilines is 3. The maximum Gasteiger partial charge on any atom is 0.135 e. The molecule has 1 aliphatic carbocycles. The van der Waals surface area contributed by atoms with E-state index in [4.69, 9.17) is 4.42 Å². The summed E-state index contributed by atoms with van der Waals surface area (Å²) in [5.41, 5.74) is 20.9. The highest BCUT2D eigenvalue weighted by atomic mass is 16.3. The largest absolute Gasteiger partial charge is 0.456 e. The molecule has 0 N–H and O–H groups in total. The lowest BCUT2D eigenvalue weighted by Crippen LogP contribution is -2.20.